The van der Waals surface area contributed by atoms with Crippen LogP contribution in [0.25, 0.3) is 32.0 Å². The van der Waals surface area contributed by atoms with Gasteiger partial charge >= 0.3 is 5.76 Å². The molecule has 47 heavy (non-hydrogen) atoms. The molecular weight excluding hydrogens is 619 g/mol. The fourth-order valence-electron chi connectivity index (χ4n) is 7.10. The summed E-state index contributed by atoms with van der Waals surface area (Å²) >= 11 is 1.51. The SMILES string of the molecule is O=C1c2c(nc(CCc3ccc(F)cc3)c(-c3n[nH]c(=O)o3)c2-c2cc3ccnc(NC4COc5ccccc54)c3s2)C2CCCN12. The molecule has 234 valence electrons. The molecule has 2 unspecified atom stereocenters. The van der Waals surface area contributed by atoms with Crippen LogP contribution >= 0.6 is 11.3 Å². The molecule has 0 saturated carbocycles. The highest BCUT2D eigenvalue weighted by molar-refractivity contribution is 7.23. The highest BCUT2D eigenvalue weighted by atomic mass is 32.1. The first-order chi connectivity index (χ1) is 23.0. The molecule has 0 radical (unpaired) electrons. The van der Waals surface area contributed by atoms with Crippen LogP contribution in [0.5, 0.6) is 5.75 Å². The first-order valence-electron chi connectivity index (χ1n) is 15.6. The number of carbonyl (C=O) groups excluding carboxylic acids is 1. The van der Waals surface area contributed by atoms with Gasteiger partial charge in [-0.05, 0) is 67.0 Å². The van der Waals surface area contributed by atoms with Crippen molar-refractivity contribution in [2.24, 2.45) is 0 Å². The lowest BCUT2D eigenvalue weighted by Gasteiger charge is -2.16. The third kappa shape index (κ3) is 4.62. The molecule has 0 bridgehead atoms. The summed E-state index contributed by atoms with van der Waals surface area (Å²) < 4.78 is 26.1. The Morgan fingerprint density at radius 2 is 1.91 bits per heavy atom. The van der Waals surface area contributed by atoms with Crippen LogP contribution in [0.2, 0.25) is 0 Å². The molecule has 0 aliphatic carbocycles. The Hall–Kier alpha value is -5.36. The standard InChI is InChI=1S/C35H27FN6O4S/c36-20-10-7-18(8-11-20)9-12-22-27(33-40-41-35(44)46-33)28(29-30(38-22)24-5-3-15-42(24)34(29)43)26-16-19-13-14-37-32(31(19)47-26)39-23-17-45-25-6-2-1-4-21(23)25/h1-2,4,6-8,10-11,13-14,16,23-24H,3,5,9,12,15,17H2,(H,37,39)(H,41,44). The zero-order valence-corrected chi connectivity index (χ0v) is 25.8. The molecule has 9 rings (SSSR count). The second-order valence-electron chi connectivity index (χ2n) is 12.0. The van der Waals surface area contributed by atoms with E-state index < -0.39 is 5.76 Å². The molecule has 4 aromatic heterocycles. The minimum absolute atomic E-state index is 0.0688. The molecule has 6 aromatic rings. The Morgan fingerprint density at radius 1 is 1.04 bits per heavy atom. The number of nitrogens with zero attached hydrogens (tertiary/aromatic N) is 4. The summed E-state index contributed by atoms with van der Waals surface area (Å²) in [5.74, 6) is 0.558. The third-order valence-corrected chi connectivity index (χ3v) is 10.4. The fraction of sp³-hybridized carbons (Fsp3) is 0.229. The van der Waals surface area contributed by atoms with Crippen LogP contribution in [-0.2, 0) is 12.8 Å². The van der Waals surface area contributed by atoms with E-state index in [4.69, 9.17) is 19.1 Å². The van der Waals surface area contributed by atoms with E-state index in [1.807, 2.05) is 29.2 Å². The van der Waals surface area contributed by atoms with Crippen LogP contribution in [0.1, 0.15) is 57.8 Å². The summed E-state index contributed by atoms with van der Waals surface area (Å²) in [5, 5.41) is 11.2. The summed E-state index contributed by atoms with van der Waals surface area (Å²) in [5.41, 5.74) is 5.09. The lowest BCUT2D eigenvalue weighted by Crippen LogP contribution is -2.22. The summed E-state index contributed by atoms with van der Waals surface area (Å²) in [6, 6.07) is 18.2. The average molecular weight is 647 g/mol. The van der Waals surface area contributed by atoms with Gasteiger partial charge in [-0.15, -0.1) is 16.4 Å². The van der Waals surface area contributed by atoms with E-state index in [1.54, 1.807) is 18.3 Å². The number of amides is 1. The van der Waals surface area contributed by atoms with Gasteiger partial charge in [0.15, 0.2) is 0 Å². The molecule has 3 aliphatic rings. The van der Waals surface area contributed by atoms with Gasteiger partial charge in [0.25, 0.3) is 11.8 Å². The molecular formula is C35H27FN6O4S. The topological polar surface area (TPSA) is 126 Å². The Balaban J connectivity index is 1.22. The Bertz CT molecular complexity index is 2260. The van der Waals surface area contributed by atoms with Gasteiger partial charge in [-0.3, -0.25) is 9.78 Å². The number of aromatic nitrogens is 4. The average Bonchev–Trinajstić information content (AvgIpc) is 3.92. The predicted molar refractivity (Wildman–Crippen MR) is 174 cm³/mol. The number of aryl methyl sites for hydroxylation is 2. The summed E-state index contributed by atoms with van der Waals surface area (Å²) in [6.45, 7) is 1.14. The number of aromatic amines is 1. The van der Waals surface area contributed by atoms with Crippen molar-refractivity contribution in [3.8, 4) is 27.6 Å². The van der Waals surface area contributed by atoms with E-state index in [2.05, 4.69) is 27.6 Å². The number of carbonyl (C=O) groups is 1. The van der Waals surface area contributed by atoms with Crippen molar-refractivity contribution in [1.29, 1.82) is 0 Å². The second kappa shape index (κ2) is 10.9. The third-order valence-electron chi connectivity index (χ3n) is 9.25. The first-order valence-corrected chi connectivity index (χ1v) is 16.4. The number of para-hydroxylation sites is 1. The van der Waals surface area contributed by atoms with Crippen molar-refractivity contribution in [3.63, 3.8) is 0 Å². The van der Waals surface area contributed by atoms with Gasteiger partial charge in [0.05, 0.1) is 39.3 Å². The van der Waals surface area contributed by atoms with Gasteiger partial charge in [0.2, 0.25) is 0 Å². The maximum atomic E-state index is 14.1. The number of hydrogen-bond acceptors (Lipinski definition) is 9. The monoisotopic (exact) mass is 646 g/mol. The number of pyridine rings is 2. The van der Waals surface area contributed by atoms with E-state index in [1.165, 1.54) is 23.5 Å². The van der Waals surface area contributed by atoms with E-state index in [-0.39, 0.29) is 29.7 Å². The van der Waals surface area contributed by atoms with Crippen LogP contribution in [-0.4, -0.2) is 44.1 Å². The zero-order chi connectivity index (χ0) is 31.6. The zero-order valence-electron chi connectivity index (χ0n) is 25.0. The molecule has 7 heterocycles. The van der Waals surface area contributed by atoms with Gasteiger partial charge in [0.1, 0.15) is 24.0 Å². The minimum Gasteiger partial charge on any atom is -0.491 e. The van der Waals surface area contributed by atoms with E-state index in [9.17, 15) is 14.0 Å². The van der Waals surface area contributed by atoms with Crippen LogP contribution in [0, 0.1) is 5.82 Å². The smallest absolute Gasteiger partial charge is 0.434 e. The number of nitrogens with one attached hydrogen (secondary N) is 2. The van der Waals surface area contributed by atoms with Crippen LogP contribution in [0.4, 0.5) is 10.2 Å². The quantitative estimate of drug-likeness (QED) is 0.202. The Morgan fingerprint density at radius 3 is 2.77 bits per heavy atom. The molecule has 2 atom stereocenters. The van der Waals surface area contributed by atoms with Crippen molar-refractivity contribution < 1.29 is 18.3 Å². The van der Waals surface area contributed by atoms with Gasteiger partial charge in [-0.1, -0.05) is 30.3 Å². The number of hydrogen-bond donors (Lipinski definition) is 2. The maximum absolute atomic E-state index is 14.1. The highest BCUT2D eigenvalue weighted by Gasteiger charge is 2.45. The van der Waals surface area contributed by atoms with Gasteiger partial charge in [-0.25, -0.2) is 19.3 Å². The number of ether oxygens (including phenoxy) is 1. The lowest BCUT2D eigenvalue weighted by atomic mass is 9.93. The second-order valence-corrected chi connectivity index (χ2v) is 13.1. The summed E-state index contributed by atoms with van der Waals surface area (Å²) in [7, 11) is 0. The number of fused-ring (bicyclic) bond motifs is 5. The molecule has 2 aromatic carbocycles. The van der Waals surface area contributed by atoms with Crippen molar-refractivity contribution in [3.05, 3.63) is 111 Å². The van der Waals surface area contributed by atoms with Crippen molar-refractivity contribution in [2.75, 3.05) is 18.5 Å². The molecule has 10 nitrogen and oxygen atoms in total. The molecule has 1 amide bonds. The fourth-order valence-corrected chi connectivity index (χ4v) is 8.26. The van der Waals surface area contributed by atoms with Gasteiger partial charge in [0, 0.05) is 28.7 Å². The molecule has 2 N–H and O–H groups in total. The maximum Gasteiger partial charge on any atom is 0.434 e. The normalized spacial score (nSPS) is 18.0. The minimum atomic E-state index is -0.700. The van der Waals surface area contributed by atoms with E-state index in [0.29, 0.717) is 54.2 Å². The summed E-state index contributed by atoms with van der Waals surface area (Å²) in [6.07, 6.45) is 4.52. The van der Waals surface area contributed by atoms with Crippen LogP contribution in [0.15, 0.2) is 76.1 Å². The number of H-pyrrole nitrogens is 1. The number of anilines is 1. The lowest BCUT2D eigenvalue weighted by molar-refractivity contribution is 0.0776. The van der Waals surface area contributed by atoms with Crippen LogP contribution in [0.3, 0.4) is 0 Å². The van der Waals surface area contributed by atoms with Gasteiger partial charge < -0.3 is 19.4 Å². The van der Waals surface area contributed by atoms with Gasteiger partial charge in [-0.2, -0.15) is 0 Å². The predicted octanol–water partition coefficient (Wildman–Crippen LogP) is 6.46. The molecule has 0 spiro atoms. The van der Waals surface area contributed by atoms with E-state index in [0.717, 1.165) is 50.4 Å². The number of halogens is 1. The number of thiophene rings is 1. The number of rotatable bonds is 7. The Labute approximate surface area is 271 Å². The summed E-state index contributed by atoms with van der Waals surface area (Å²) in [4.78, 5) is 38.9. The van der Waals surface area contributed by atoms with Crippen molar-refractivity contribution >= 4 is 33.1 Å². The van der Waals surface area contributed by atoms with Crippen molar-refractivity contribution in [2.45, 2.75) is 37.8 Å². The van der Waals surface area contributed by atoms with Crippen LogP contribution < -0.4 is 15.8 Å². The first kappa shape index (κ1) is 27.9. The number of benzene rings is 2. The molecule has 3 aliphatic heterocycles. The molecule has 12 heteroatoms. The molecule has 1 fully saturated rings. The largest absolute Gasteiger partial charge is 0.491 e. The van der Waals surface area contributed by atoms with Crippen molar-refractivity contribution in [1.82, 2.24) is 25.1 Å². The van der Waals surface area contributed by atoms with E-state index >= 15 is 0 Å². The Kier molecular flexibility index (Phi) is 6.46. The molecule has 1 saturated heterocycles. The highest BCUT2D eigenvalue weighted by Crippen LogP contribution is 2.50.